The summed E-state index contributed by atoms with van der Waals surface area (Å²) in [4.78, 5) is 17.7. The lowest BCUT2D eigenvalue weighted by molar-refractivity contribution is -0.118. The van der Waals surface area contributed by atoms with Crippen LogP contribution in [-0.4, -0.2) is 42.5 Å². The van der Waals surface area contributed by atoms with Crippen LogP contribution in [-0.2, 0) is 17.6 Å². The second kappa shape index (κ2) is 7.85. The largest absolute Gasteiger partial charge is 0.482 e. The van der Waals surface area contributed by atoms with E-state index in [1.54, 1.807) is 5.56 Å². The Hall–Kier alpha value is -2.99. The van der Waals surface area contributed by atoms with Gasteiger partial charge in [0.05, 0.1) is 5.69 Å². The molecular weight excluding hydrogens is 400 g/mol. The number of benzene rings is 2. The van der Waals surface area contributed by atoms with Crippen molar-refractivity contribution in [2.75, 3.05) is 37.4 Å². The van der Waals surface area contributed by atoms with E-state index in [0.29, 0.717) is 5.75 Å². The molecule has 3 aromatic rings. The van der Waals surface area contributed by atoms with Crippen LogP contribution in [0, 0.1) is 11.8 Å². The minimum absolute atomic E-state index is 0.0645. The number of piperidine rings is 1. The number of hydrogen-bond acceptors (Lipinski definition) is 4. The highest BCUT2D eigenvalue weighted by molar-refractivity contribution is 5.96. The number of nitrogens with one attached hydrogen (secondary N) is 3. The summed E-state index contributed by atoms with van der Waals surface area (Å²) in [6.07, 6.45) is 6.38. The first-order valence-electron chi connectivity index (χ1n) is 11.8. The molecule has 1 amide bonds. The number of likely N-dealkylation sites (tertiary alicyclic amines) is 1. The molecule has 0 bridgehead atoms. The zero-order chi connectivity index (χ0) is 21.7. The fraction of sp³-hybridized carbons (Fsp3) is 0.423. The van der Waals surface area contributed by atoms with Crippen molar-refractivity contribution >= 4 is 33.9 Å². The van der Waals surface area contributed by atoms with E-state index in [0.717, 1.165) is 35.3 Å². The number of aromatic amines is 1. The van der Waals surface area contributed by atoms with E-state index in [2.05, 4.69) is 45.8 Å². The summed E-state index contributed by atoms with van der Waals surface area (Å²) in [5.74, 6) is 2.29. The Morgan fingerprint density at radius 3 is 2.72 bits per heavy atom. The first-order valence-corrected chi connectivity index (χ1v) is 11.8. The van der Waals surface area contributed by atoms with E-state index in [1.807, 2.05) is 18.2 Å². The molecule has 0 saturated carbocycles. The number of ether oxygens (including phenoxy) is 1. The number of H-pyrrole nitrogens is 1. The van der Waals surface area contributed by atoms with Gasteiger partial charge in [0.1, 0.15) is 5.75 Å². The maximum absolute atomic E-state index is 11.5. The van der Waals surface area contributed by atoms with Gasteiger partial charge in [-0.15, -0.1) is 0 Å². The maximum atomic E-state index is 11.5. The normalized spacial score (nSPS) is 21.5. The van der Waals surface area contributed by atoms with Crippen LogP contribution in [0.2, 0.25) is 0 Å². The van der Waals surface area contributed by atoms with Crippen molar-refractivity contribution in [1.82, 2.24) is 9.88 Å². The maximum Gasteiger partial charge on any atom is 0.262 e. The molecule has 2 aromatic carbocycles. The summed E-state index contributed by atoms with van der Waals surface area (Å²) >= 11 is 0. The smallest absolute Gasteiger partial charge is 0.262 e. The number of fused-ring (bicyclic) bond motifs is 4. The lowest BCUT2D eigenvalue weighted by atomic mass is 9.75. The number of carbonyl (C=O) groups excluding carboxylic acids is 1. The standard InChI is InChI=1S/C26H30N4O2/c1-30-10-8-16(9-11-30)17-2-6-22-21(12-17)20-5-3-18(13-24(20)28-22)27-19-4-7-23-25(14-19)32-15-26(31)29-23/h3-5,7,13-14,16-17,27-28H,2,6,8-12,15H2,1H3,(H,29,31). The van der Waals surface area contributed by atoms with Crippen molar-refractivity contribution in [2.24, 2.45) is 11.8 Å². The Kier molecular flexibility index (Phi) is 4.83. The number of amides is 1. The molecule has 0 spiro atoms. The van der Waals surface area contributed by atoms with Crippen LogP contribution in [0.3, 0.4) is 0 Å². The van der Waals surface area contributed by atoms with Crippen LogP contribution in [0.15, 0.2) is 36.4 Å². The molecule has 2 aliphatic heterocycles. The quantitative estimate of drug-likeness (QED) is 0.564. The molecule has 6 heteroatoms. The van der Waals surface area contributed by atoms with Gasteiger partial charge in [0.15, 0.2) is 6.61 Å². The predicted molar refractivity (Wildman–Crippen MR) is 128 cm³/mol. The number of anilines is 3. The van der Waals surface area contributed by atoms with Crippen molar-refractivity contribution in [1.29, 1.82) is 0 Å². The van der Waals surface area contributed by atoms with Gasteiger partial charge in [-0.25, -0.2) is 0 Å². The van der Waals surface area contributed by atoms with E-state index in [-0.39, 0.29) is 12.5 Å². The molecule has 1 saturated heterocycles. The Balaban J connectivity index is 1.21. The van der Waals surface area contributed by atoms with Gasteiger partial charge in [-0.3, -0.25) is 4.79 Å². The third-order valence-corrected chi connectivity index (χ3v) is 7.56. The summed E-state index contributed by atoms with van der Waals surface area (Å²) in [6.45, 7) is 2.56. The average Bonchev–Trinajstić information content (AvgIpc) is 3.16. The van der Waals surface area contributed by atoms with Gasteiger partial charge in [-0.1, -0.05) is 6.07 Å². The van der Waals surface area contributed by atoms with E-state index in [4.69, 9.17) is 4.74 Å². The Labute approximate surface area is 188 Å². The molecule has 166 valence electrons. The average molecular weight is 431 g/mol. The molecule has 3 heterocycles. The zero-order valence-electron chi connectivity index (χ0n) is 18.5. The van der Waals surface area contributed by atoms with Gasteiger partial charge < -0.3 is 25.3 Å². The second-order valence-electron chi connectivity index (χ2n) is 9.66. The summed E-state index contributed by atoms with van der Waals surface area (Å²) in [5.41, 5.74) is 6.89. The van der Waals surface area contributed by atoms with Gasteiger partial charge in [0.2, 0.25) is 0 Å². The minimum Gasteiger partial charge on any atom is -0.482 e. The van der Waals surface area contributed by atoms with Crippen molar-refractivity contribution in [3.63, 3.8) is 0 Å². The number of hydrogen-bond donors (Lipinski definition) is 3. The van der Waals surface area contributed by atoms with Crippen molar-refractivity contribution in [3.05, 3.63) is 47.7 Å². The third-order valence-electron chi connectivity index (χ3n) is 7.56. The van der Waals surface area contributed by atoms with E-state index in [9.17, 15) is 4.79 Å². The zero-order valence-corrected chi connectivity index (χ0v) is 18.5. The van der Waals surface area contributed by atoms with Gasteiger partial charge in [-0.05, 0) is 93.9 Å². The summed E-state index contributed by atoms with van der Waals surface area (Å²) < 4.78 is 5.54. The molecule has 0 radical (unpaired) electrons. The molecule has 1 fully saturated rings. The molecule has 1 aromatic heterocycles. The molecule has 1 aliphatic carbocycles. The Bertz CT molecular complexity index is 1180. The molecule has 32 heavy (non-hydrogen) atoms. The van der Waals surface area contributed by atoms with Gasteiger partial charge in [0, 0.05) is 34.0 Å². The van der Waals surface area contributed by atoms with Crippen LogP contribution < -0.4 is 15.4 Å². The van der Waals surface area contributed by atoms with Crippen LogP contribution >= 0.6 is 0 Å². The molecule has 1 atom stereocenters. The lowest BCUT2D eigenvalue weighted by Gasteiger charge is -2.36. The number of aromatic nitrogens is 1. The fourth-order valence-corrected chi connectivity index (χ4v) is 5.75. The summed E-state index contributed by atoms with van der Waals surface area (Å²) in [5, 5.41) is 7.69. The van der Waals surface area contributed by atoms with Crippen LogP contribution in [0.5, 0.6) is 5.75 Å². The first-order chi connectivity index (χ1) is 15.6. The van der Waals surface area contributed by atoms with Crippen LogP contribution in [0.25, 0.3) is 10.9 Å². The number of rotatable bonds is 3. The number of nitrogens with zero attached hydrogens (tertiary/aromatic N) is 1. The van der Waals surface area contributed by atoms with Crippen molar-refractivity contribution < 1.29 is 9.53 Å². The topological polar surface area (TPSA) is 69.4 Å². The molecular formula is C26H30N4O2. The fourth-order valence-electron chi connectivity index (χ4n) is 5.75. The molecule has 3 aliphatic rings. The number of aryl methyl sites for hydroxylation is 1. The molecule has 1 unspecified atom stereocenters. The third kappa shape index (κ3) is 3.62. The number of carbonyl (C=O) groups is 1. The monoisotopic (exact) mass is 430 g/mol. The SMILES string of the molecule is CN1CCC(C2CCc3[nH]c4cc(Nc5ccc6c(c5)OCC(=O)N6)ccc4c3C2)CC1. The molecule has 6 rings (SSSR count). The summed E-state index contributed by atoms with van der Waals surface area (Å²) in [6, 6.07) is 12.4. The Morgan fingerprint density at radius 2 is 1.84 bits per heavy atom. The van der Waals surface area contributed by atoms with Crippen molar-refractivity contribution in [3.8, 4) is 5.75 Å². The predicted octanol–water partition coefficient (Wildman–Crippen LogP) is 4.69. The highest BCUT2D eigenvalue weighted by atomic mass is 16.5. The summed E-state index contributed by atoms with van der Waals surface area (Å²) in [7, 11) is 2.25. The van der Waals surface area contributed by atoms with Crippen LogP contribution in [0.1, 0.15) is 30.5 Å². The van der Waals surface area contributed by atoms with E-state index < -0.39 is 0 Å². The van der Waals surface area contributed by atoms with E-state index >= 15 is 0 Å². The Morgan fingerprint density at radius 1 is 1.03 bits per heavy atom. The minimum atomic E-state index is -0.113. The second-order valence-corrected chi connectivity index (χ2v) is 9.66. The van der Waals surface area contributed by atoms with Crippen LogP contribution in [0.4, 0.5) is 17.1 Å². The molecule has 3 N–H and O–H groups in total. The van der Waals surface area contributed by atoms with E-state index in [1.165, 1.54) is 55.4 Å². The van der Waals surface area contributed by atoms with Crippen molar-refractivity contribution in [2.45, 2.75) is 32.1 Å². The van der Waals surface area contributed by atoms with Gasteiger partial charge in [-0.2, -0.15) is 0 Å². The van der Waals surface area contributed by atoms with Gasteiger partial charge in [0.25, 0.3) is 5.91 Å². The highest BCUT2D eigenvalue weighted by Crippen LogP contribution is 2.39. The highest BCUT2D eigenvalue weighted by Gasteiger charge is 2.30. The first kappa shape index (κ1) is 19.7. The lowest BCUT2D eigenvalue weighted by Crippen LogP contribution is -2.35. The molecule has 6 nitrogen and oxygen atoms in total. The van der Waals surface area contributed by atoms with Gasteiger partial charge >= 0.3 is 0 Å².